The van der Waals surface area contributed by atoms with Gasteiger partial charge in [0.15, 0.2) is 0 Å². The van der Waals surface area contributed by atoms with E-state index in [9.17, 15) is 4.79 Å². The standard InChI is InChI=1S/C16H17N3O2/c1-11-13(10-15-17-7-8-18-15)12-4-2-3-5-14(12)19(11)9-6-16(20)21/h2-5,7-8H,6,9-10H2,1H3,(H,17,18)(H,20,21). The van der Waals surface area contributed by atoms with E-state index in [0.29, 0.717) is 6.54 Å². The molecule has 0 saturated heterocycles. The molecule has 2 N–H and O–H groups in total. The maximum Gasteiger partial charge on any atom is 0.305 e. The Bertz CT molecular complexity index is 772. The van der Waals surface area contributed by atoms with Gasteiger partial charge in [0.25, 0.3) is 0 Å². The fourth-order valence-electron chi connectivity index (χ4n) is 2.78. The van der Waals surface area contributed by atoms with Crippen molar-refractivity contribution in [1.29, 1.82) is 0 Å². The zero-order valence-electron chi connectivity index (χ0n) is 11.8. The van der Waals surface area contributed by atoms with E-state index in [1.54, 1.807) is 6.20 Å². The van der Waals surface area contributed by atoms with Crippen LogP contribution in [0, 0.1) is 6.92 Å². The Morgan fingerprint density at radius 3 is 2.90 bits per heavy atom. The van der Waals surface area contributed by atoms with Crippen LogP contribution in [-0.2, 0) is 17.8 Å². The van der Waals surface area contributed by atoms with E-state index in [2.05, 4.69) is 20.6 Å². The summed E-state index contributed by atoms with van der Waals surface area (Å²) >= 11 is 0. The van der Waals surface area contributed by atoms with Crippen molar-refractivity contribution < 1.29 is 9.90 Å². The monoisotopic (exact) mass is 283 g/mol. The molecule has 3 aromatic rings. The number of imidazole rings is 1. The largest absolute Gasteiger partial charge is 0.481 e. The first-order valence-corrected chi connectivity index (χ1v) is 6.93. The van der Waals surface area contributed by atoms with Crippen LogP contribution >= 0.6 is 0 Å². The molecule has 0 unspecified atom stereocenters. The maximum absolute atomic E-state index is 10.9. The molecule has 2 heterocycles. The molecule has 0 amide bonds. The molecule has 0 aliphatic heterocycles. The van der Waals surface area contributed by atoms with Crippen LogP contribution in [0.4, 0.5) is 0 Å². The molecule has 108 valence electrons. The van der Waals surface area contributed by atoms with Crippen molar-refractivity contribution in [2.75, 3.05) is 0 Å². The Labute approximate surface area is 122 Å². The van der Waals surface area contributed by atoms with E-state index in [1.807, 2.05) is 31.3 Å². The smallest absolute Gasteiger partial charge is 0.305 e. The highest BCUT2D eigenvalue weighted by Gasteiger charge is 2.15. The summed E-state index contributed by atoms with van der Waals surface area (Å²) in [5, 5.41) is 10.1. The number of hydrogen-bond acceptors (Lipinski definition) is 2. The van der Waals surface area contributed by atoms with Gasteiger partial charge >= 0.3 is 5.97 Å². The fraction of sp³-hybridized carbons (Fsp3) is 0.250. The lowest BCUT2D eigenvalue weighted by Crippen LogP contribution is -2.06. The molecule has 0 aliphatic carbocycles. The average Bonchev–Trinajstić information content (AvgIpc) is 3.06. The number of aliphatic carboxylic acids is 1. The zero-order valence-corrected chi connectivity index (χ0v) is 11.8. The summed E-state index contributed by atoms with van der Waals surface area (Å²) in [5.41, 5.74) is 3.39. The Kier molecular flexibility index (Phi) is 3.48. The normalized spacial score (nSPS) is 11.1. The van der Waals surface area contributed by atoms with Crippen LogP contribution in [0.25, 0.3) is 10.9 Å². The SMILES string of the molecule is Cc1c(Cc2ncc[nH]2)c2ccccc2n1CCC(=O)O. The van der Waals surface area contributed by atoms with Crippen molar-refractivity contribution in [2.45, 2.75) is 26.3 Å². The van der Waals surface area contributed by atoms with Crippen molar-refractivity contribution in [3.63, 3.8) is 0 Å². The average molecular weight is 283 g/mol. The number of benzene rings is 1. The van der Waals surface area contributed by atoms with Gasteiger partial charge in [-0.2, -0.15) is 0 Å². The molecule has 0 spiro atoms. The second-order valence-electron chi connectivity index (χ2n) is 5.09. The summed E-state index contributed by atoms with van der Waals surface area (Å²) in [6.45, 7) is 2.53. The Hall–Kier alpha value is -2.56. The van der Waals surface area contributed by atoms with Crippen molar-refractivity contribution in [1.82, 2.24) is 14.5 Å². The van der Waals surface area contributed by atoms with Gasteiger partial charge in [0, 0.05) is 42.0 Å². The van der Waals surface area contributed by atoms with Crippen LogP contribution in [0.1, 0.15) is 23.5 Å². The van der Waals surface area contributed by atoms with Crippen LogP contribution in [0.2, 0.25) is 0 Å². The van der Waals surface area contributed by atoms with Crippen LogP contribution < -0.4 is 0 Å². The fourth-order valence-corrected chi connectivity index (χ4v) is 2.78. The van der Waals surface area contributed by atoms with Crippen LogP contribution in [0.15, 0.2) is 36.7 Å². The third kappa shape index (κ3) is 2.54. The van der Waals surface area contributed by atoms with Crippen LogP contribution in [-0.4, -0.2) is 25.6 Å². The molecule has 5 heteroatoms. The number of carboxylic acids is 1. The van der Waals surface area contributed by atoms with Gasteiger partial charge in [-0.1, -0.05) is 18.2 Å². The minimum absolute atomic E-state index is 0.125. The van der Waals surface area contributed by atoms with E-state index in [4.69, 9.17) is 5.11 Å². The summed E-state index contributed by atoms with van der Waals surface area (Å²) < 4.78 is 2.09. The summed E-state index contributed by atoms with van der Waals surface area (Å²) in [7, 11) is 0. The number of fused-ring (bicyclic) bond motifs is 1. The Morgan fingerprint density at radius 2 is 2.19 bits per heavy atom. The lowest BCUT2D eigenvalue weighted by atomic mass is 10.1. The molecule has 1 aromatic carbocycles. The summed E-state index contributed by atoms with van der Waals surface area (Å²) in [6, 6.07) is 8.11. The van der Waals surface area contributed by atoms with Crippen LogP contribution in [0.5, 0.6) is 0 Å². The number of para-hydroxylation sites is 1. The number of aromatic nitrogens is 3. The molecule has 3 rings (SSSR count). The van der Waals surface area contributed by atoms with Crippen molar-refractivity contribution >= 4 is 16.9 Å². The predicted octanol–water partition coefficient (Wildman–Crippen LogP) is 2.74. The van der Waals surface area contributed by atoms with Crippen LogP contribution in [0.3, 0.4) is 0 Å². The number of carbonyl (C=O) groups is 1. The topological polar surface area (TPSA) is 70.9 Å². The van der Waals surface area contributed by atoms with E-state index in [1.165, 1.54) is 5.56 Å². The number of hydrogen-bond donors (Lipinski definition) is 2. The molecule has 21 heavy (non-hydrogen) atoms. The second kappa shape index (κ2) is 5.44. The van der Waals surface area contributed by atoms with Gasteiger partial charge in [-0.05, 0) is 18.6 Å². The van der Waals surface area contributed by atoms with Gasteiger partial charge in [0.2, 0.25) is 0 Å². The lowest BCUT2D eigenvalue weighted by Gasteiger charge is -2.06. The number of carboxylic acid groups (broad SMARTS) is 1. The maximum atomic E-state index is 10.9. The lowest BCUT2D eigenvalue weighted by molar-refractivity contribution is -0.137. The molecule has 2 aromatic heterocycles. The minimum Gasteiger partial charge on any atom is -0.481 e. The second-order valence-corrected chi connectivity index (χ2v) is 5.09. The minimum atomic E-state index is -0.778. The molecule has 0 fully saturated rings. The first-order valence-electron chi connectivity index (χ1n) is 6.93. The van der Waals surface area contributed by atoms with Gasteiger partial charge in [-0.25, -0.2) is 4.98 Å². The van der Waals surface area contributed by atoms with E-state index < -0.39 is 5.97 Å². The first-order chi connectivity index (χ1) is 10.2. The molecular formula is C16H17N3O2. The third-order valence-electron chi connectivity index (χ3n) is 3.81. The quantitative estimate of drug-likeness (QED) is 0.756. The number of nitrogens with one attached hydrogen (secondary N) is 1. The predicted molar refractivity (Wildman–Crippen MR) is 80.3 cm³/mol. The highest BCUT2D eigenvalue weighted by Crippen LogP contribution is 2.27. The Morgan fingerprint density at radius 1 is 1.38 bits per heavy atom. The van der Waals surface area contributed by atoms with Gasteiger partial charge in [0.05, 0.1) is 6.42 Å². The molecular weight excluding hydrogens is 266 g/mol. The number of nitrogens with zero attached hydrogens (tertiary/aromatic N) is 2. The van der Waals surface area contributed by atoms with E-state index in [0.717, 1.165) is 28.8 Å². The number of H-pyrrole nitrogens is 1. The number of rotatable bonds is 5. The summed E-state index contributed by atoms with van der Waals surface area (Å²) in [4.78, 5) is 18.3. The highest BCUT2D eigenvalue weighted by atomic mass is 16.4. The van der Waals surface area contributed by atoms with Crippen molar-refractivity contribution in [2.24, 2.45) is 0 Å². The third-order valence-corrected chi connectivity index (χ3v) is 3.81. The molecule has 0 aliphatic rings. The van der Waals surface area contributed by atoms with E-state index >= 15 is 0 Å². The van der Waals surface area contributed by atoms with Crippen molar-refractivity contribution in [3.8, 4) is 0 Å². The highest BCUT2D eigenvalue weighted by molar-refractivity contribution is 5.86. The van der Waals surface area contributed by atoms with Gasteiger partial charge in [-0.3, -0.25) is 4.79 Å². The first kappa shape index (κ1) is 13.4. The van der Waals surface area contributed by atoms with Gasteiger partial charge in [0.1, 0.15) is 5.82 Å². The molecule has 0 atom stereocenters. The summed E-state index contributed by atoms with van der Waals surface area (Å²) in [6.07, 6.45) is 4.40. The molecule has 5 nitrogen and oxygen atoms in total. The Balaban J connectivity index is 2.06. The van der Waals surface area contributed by atoms with Gasteiger partial charge in [-0.15, -0.1) is 0 Å². The molecule has 0 radical (unpaired) electrons. The van der Waals surface area contributed by atoms with Crippen molar-refractivity contribution in [3.05, 3.63) is 53.7 Å². The molecule has 0 saturated carbocycles. The number of aryl methyl sites for hydroxylation is 1. The van der Waals surface area contributed by atoms with Gasteiger partial charge < -0.3 is 14.7 Å². The number of aromatic amines is 1. The zero-order chi connectivity index (χ0) is 14.8. The molecule has 0 bridgehead atoms. The summed E-state index contributed by atoms with van der Waals surface area (Å²) in [5.74, 6) is 0.138. The van der Waals surface area contributed by atoms with E-state index in [-0.39, 0.29) is 6.42 Å².